The molecule has 0 bridgehead atoms. The largest absolute Gasteiger partial charge is 0.361 e. The summed E-state index contributed by atoms with van der Waals surface area (Å²) in [4.78, 5) is 3.49. The molecule has 3 heteroatoms. The Morgan fingerprint density at radius 2 is 2.27 bits per heavy atom. The van der Waals surface area contributed by atoms with Crippen LogP contribution in [0.2, 0.25) is 0 Å². The van der Waals surface area contributed by atoms with Gasteiger partial charge in [-0.2, -0.15) is 11.8 Å². The van der Waals surface area contributed by atoms with Crippen molar-refractivity contribution in [1.82, 2.24) is 10.3 Å². The van der Waals surface area contributed by atoms with Crippen LogP contribution in [-0.4, -0.2) is 29.1 Å². The van der Waals surface area contributed by atoms with Crippen molar-refractivity contribution in [2.75, 3.05) is 18.6 Å². The monoisotopic (exact) mass is 314 g/mol. The molecule has 0 radical (unpaired) electrons. The van der Waals surface area contributed by atoms with Gasteiger partial charge in [0.2, 0.25) is 0 Å². The normalized spacial score (nSPS) is 30.5. The van der Waals surface area contributed by atoms with Crippen LogP contribution in [0.3, 0.4) is 0 Å². The van der Waals surface area contributed by atoms with E-state index >= 15 is 0 Å². The molecule has 1 aliphatic heterocycles. The maximum Gasteiger partial charge on any atom is 0.0459 e. The fraction of sp³-hybridized carbons (Fsp3) is 0.579. The molecule has 2 aromatic rings. The van der Waals surface area contributed by atoms with Crippen LogP contribution in [-0.2, 0) is 6.42 Å². The van der Waals surface area contributed by atoms with Gasteiger partial charge in [0.1, 0.15) is 0 Å². The third kappa shape index (κ3) is 2.13. The lowest BCUT2D eigenvalue weighted by molar-refractivity contribution is 0.161. The van der Waals surface area contributed by atoms with Crippen molar-refractivity contribution in [1.29, 1.82) is 0 Å². The molecule has 3 atom stereocenters. The number of aromatic amines is 1. The van der Waals surface area contributed by atoms with E-state index in [2.05, 4.69) is 47.9 Å². The molecule has 1 fully saturated rings. The van der Waals surface area contributed by atoms with E-state index in [-0.39, 0.29) is 5.54 Å². The standard InChI is InChI=1S/C19H26N2S/c1-3-7-19-9-14-11-20-17-6-4-5-15(18(14)17)16(19)8-13(10-21-19)12-22-2/h4-6,11,13,16,20-21H,3,7-10,12H2,1-2H3/t13?,16-,19-/m0/s1. The molecule has 2 heterocycles. The second-order valence-corrected chi connectivity index (χ2v) is 8.07. The maximum absolute atomic E-state index is 4.02. The molecule has 1 aliphatic carbocycles. The summed E-state index contributed by atoms with van der Waals surface area (Å²) in [5.74, 6) is 2.76. The minimum absolute atomic E-state index is 0.285. The van der Waals surface area contributed by atoms with Crippen molar-refractivity contribution in [2.24, 2.45) is 5.92 Å². The second kappa shape index (κ2) is 5.61. The molecular weight excluding hydrogens is 288 g/mol. The summed E-state index contributed by atoms with van der Waals surface area (Å²) < 4.78 is 0. The fourth-order valence-corrected chi connectivity index (χ4v) is 5.66. The van der Waals surface area contributed by atoms with E-state index in [9.17, 15) is 0 Å². The summed E-state index contributed by atoms with van der Waals surface area (Å²) in [5.41, 5.74) is 4.72. The van der Waals surface area contributed by atoms with Crippen LogP contribution in [0.15, 0.2) is 24.4 Å². The van der Waals surface area contributed by atoms with Crippen LogP contribution < -0.4 is 5.32 Å². The summed E-state index contributed by atoms with van der Waals surface area (Å²) in [6.45, 7) is 3.52. The Balaban J connectivity index is 1.81. The lowest BCUT2D eigenvalue weighted by atomic mass is 9.63. The Hall–Kier alpha value is -0.930. The number of rotatable bonds is 4. The van der Waals surface area contributed by atoms with E-state index in [1.54, 1.807) is 5.56 Å². The second-order valence-electron chi connectivity index (χ2n) is 7.16. The lowest BCUT2D eigenvalue weighted by Crippen LogP contribution is -2.58. The summed E-state index contributed by atoms with van der Waals surface area (Å²) in [6.07, 6.45) is 9.56. The van der Waals surface area contributed by atoms with Crippen LogP contribution in [0.25, 0.3) is 10.9 Å². The number of benzene rings is 1. The number of hydrogen-bond donors (Lipinski definition) is 2. The van der Waals surface area contributed by atoms with Crippen molar-refractivity contribution < 1.29 is 0 Å². The van der Waals surface area contributed by atoms with Gasteiger partial charge in [0.25, 0.3) is 0 Å². The highest BCUT2D eigenvalue weighted by Gasteiger charge is 2.46. The summed E-state index contributed by atoms with van der Waals surface area (Å²) in [5, 5.41) is 5.54. The van der Waals surface area contributed by atoms with E-state index in [0.29, 0.717) is 5.92 Å². The van der Waals surface area contributed by atoms with Crippen LogP contribution in [0, 0.1) is 5.92 Å². The Morgan fingerprint density at radius 3 is 3.09 bits per heavy atom. The quantitative estimate of drug-likeness (QED) is 0.879. The first-order chi connectivity index (χ1) is 10.8. The first-order valence-electron chi connectivity index (χ1n) is 8.60. The molecule has 1 aromatic heterocycles. The minimum Gasteiger partial charge on any atom is -0.361 e. The highest BCUT2D eigenvalue weighted by molar-refractivity contribution is 7.98. The number of thioether (sulfide) groups is 1. The van der Waals surface area contributed by atoms with Gasteiger partial charge in [0.05, 0.1) is 0 Å². The summed E-state index contributed by atoms with van der Waals surface area (Å²) in [7, 11) is 0. The smallest absolute Gasteiger partial charge is 0.0459 e. The van der Waals surface area contributed by atoms with Gasteiger partial charge in [-0.25, -0.2) is 0 Å². The van der Waals surface area contributed by atoms with E-state index in [1.165, 1.54) is 54.4 Å². The first-order valence-corrected chi connectivity index (χ1v) is 9.99. The third-order valence-electron chi connectivity index (χ3n) is 5.78. The number of hydrogen-bond acceptors (Lipinski definition) is 2. The molecule has 0 saturated carbocycles. The summed E-state index contributed by atoms with van der Waals surface area (Å²) in [6, 6.07) is 6.85. The Kier molecular flexibility index (Phi) is 3.74. The van der Waals surface area contributed by atoms with Crippen molar-refractivity contribution >= 4 is 22.7 Å². The zero-order valence-electron chi connectivity index (χ0n) is 13.6. The van der Waals surface area contributed by atoms with Gasteiger partial charge >= 0.3 is 0 Å². The molecule has 4 rings (SSSR count). The Bertz CT molecular complexity index is 677. The average Bonchev–Trinajstić information content (AvgIpc) is 2.93. The van der Waals surface area contributed by atoms with Crippen molar-refractivity contribution in [3.8, 4) is 0 Å². The first kappa shape index (κ1) is 14.6. The van der Waals surface area contributed by atoms with Crippen LogP contribution in [0.4, 0.5) is 0 Å². The lowest BCUT2D eigenvalue weighted by Gasteiger charge is -2.50. The Morgan fingerprint density at radius 1 is 1.36 bits per heavy atom. The summed E-state index contributed by atoms with van der Waals surface area (Å²) >= 11 is 1.99. The molecule has 2 nitrogen and oxygen atoms in total. The maximum atomic E-state index is 4.02. The molecule has 2 N–H and O–H groups in total. The molecule has 0 spiro atoms. The van der Waals surface area contributed by atoms with E-state index in [0.717, 1.165) is 5.92 Å². The SMILES string of the molecule is CCC[C@]12Cc3c[nH]c4cccc(c34)[C@@H]1CC(CSC)CN2. The van der Waals surface area contributed by atoms with Crippen LogP contribution in [0.5, 0.6) is 0 Å². The Labute approximate surface area is 137 Å². The van der Waals surface area contributed by atoms with Crippen molar-refractivity contribution in [3.05, 3.63) is 35.5 Å². The van der Waals surface area contributed by atoms with Gasteiger partial charge in [-0.15, -0.1) is 0 Å². The minimum atomic E-state index is 0.285. The zero-order chi connectivity index (χ0) is 15.2. The third-order valence-corrected chi connectivity index (χ3v) is 6.58. The highest BCUT2D eigenvalue weighted by atomic mass is 32.2. The number of nitrogens with one attached hydrogen (secondary N) is 2. The molecule has 1 aromatic carbocycles. The van der Waals surface area contributed by atoms with E-state index in [1.807, 2.05) is 11.8 Å². The van der Waals surface area contributed by atoms with Gasteiger partial charge in [0, 0.05) is 28.6 Å². The van der Waals surface area contributed by atoms with Gasteiger partial charge in [0.15, 0.2) is 0 Å². The highest BCUT2D eigenvalue weighted by Crippen LogP contribution is 2.49. The average molecular weight is 314 g/mol. The molecule has 2 aliphatic rings. The van der Waals surface area contributed by atoms with Crippen LogP contribution >= 0.6 is 11.8 Å². The van der Waals surface area contributed by atoms with Gasteiger partial charge in [-0.05, 0) is 60.9 Å². The van der Waals surface area contributed by atoms with Gasteiger partial charge in [-0.3, -0.25) is 0 Å². The van der Waals surface area contributed by atoms with E-state index < -0.39 is 0 Å². The van der Waals surface area contributed by atoms with Gasteiger partial charge < -0.3 is 10.3 Å². The molecule has 1 saturated heterocycles. The predicted molar refractivity (Wildman–Crippen MR) is 96.9 cm³/mol. The molecule has 118 valence electrons. The topological polar surface area (TPSA) is 27.8 Å². The molecular formula is C19H26N2S. The van der Waals surface area contributed by atoms with E-state index in [4.69, 9.17) is 0 Å². The number of fused-ring (bicyclic) bond motifs is 2. The molecule has 0 amide bonds. The number of H-pyrrole nitrogens is 1. The van der Waals surface area contributed by atoms with Crippen molar-refractivity contribution in [3.63, 3.8) is 0 Å². The zero-order valence-corrected chi connectivity index (χ0v) is 14.4. The molecule has 22 heavy (non-hydrogen) atoms. The predicted octanol–water partition coefficient (Wildman–Crippen LogP) is 4.32. The van der Waals surface area contributed by atoms with Crippen molar-refractivity contribution in [2.45, 2.75) is 44.1 Å². The molecule has 1 unspecified atom stereocenters. The van der Waals surface area contributed by atoms with Gasteiger partial charge in [-0.1, -0.05) is 25.5 Å². The fourth-order valence-electron chi connectivity index (χ4n) is 4.94. The number of aromatic nitrogens is 1. The number of piperidine rings is 1. The van der Waals surface area contributed by atoms with Crippen LogP contribution in [0.1, 0.15) is 43.2 Å².